The molecule has 0 amide bonds. The quantitative estimate of drug-likeness (QED) is 0.764. The molecule has 2 nitrogen and oxygen atoms in total. The molecule has 2 rings (SSSR count). The Kier molecular flexibility index (Phi) is 2.83. The van der Waals surface area contributed by atoms with E-state index in [1.165, 1.54) is 6.07 Å². The summed E-state index contributed by atoms with van der Waals surface area (Å²) in [5.74, 6) is -0.282. The van der Waals surface area contributed by atoms with Crippen LogP contribution in [0.25, 0.3) is 11.3 Å². The zero-order chi connectivity index (χ0) is 11.7. The number of hydrogen-bond donors (Lipinski definition) is 1. The van der Waals surface area contributed by atoms with Gasteiger partial charge in [-0.15, -0.1) is 0 Å². The highest BCUT2D eigenvalue weighted by atomic mass is 32.1. The number of hydrogen-bond acceptors (Lipinski definition) is 2. The second-order valence-electron chi connectivity index (χ2n) is 3.71. The maximum atomic E-state index is 13.9. The van der Waals surface area contributed by atoms with E-state index in [1.54, 1.807) is 12.4 Å². The molecule has 1 heterocycles. The van der Waals surface area contributed by atoms with Gasteiger partial charge in [-0.25, -0.2) is 4.39 Å². The molecule has 2 aromatic rings. The smallest absolute Gasteiger partial charge is 0.133 e. The molecule has 0 aliphatic carbocycles. The Labute approximate surface area is 98.2 Å². The minimum absolute atomic E-state index is 0.282. The monoisotopic (exact) mass is 234 g/mol. The summed E-state index contributed by atoms with van der Waals surface area (Å²) in [6, 6.07) is 3.41. The molecule has 82 valence electrons. The predicted molar refractivity (Wildman–Crippen MR) is 64.3 cm³/mol. The number of aromatic amines is 1. The lowest BCUT2D eigenvalue weighted by Gasteiger charge is -2.07. The lowest BCUT2D eigenvalue weighted by atomic mass is 10.0. The van der Waals surface area contributed by atoms with Crippen LogP contribution in [0, 0.1) is 24.3 Å². The molecule has 1 aromatic carbocycles. The van der Waals surface area contributed by atoms with Gasteiger partial charge in [-0.3, -0.25) is 4.98 Å². The fourth-order valence-corrected chi connectivity index (χ4v) is 1.97. The Morgan fingerprint density at radius 3 is 2.69 bits per heavy atom. The first-order valence-corrected chi connectivity index (χ1v) is 5.31. The second kappa shape index (κ2) is 4.14. The number of aryl methyl sites for hydroxylation is 2. The fraction of sp³-hybridized carbons (Fsp3) is 0.167. The number of nitrogens with zero attached hydrogens (tertiary/aromatic N) is 1. The average Bonchev–Trinajstić information content (AvgIpc) is 2.19. The van der Waals surface area contributed by atoms with Gasteiger partial charge >= 0.3 is 0 Å². The standard InChI is InChI=1S/C12H11FN2S/c1-7-5-8(2)10(9(13)6-7)11-12(16)15-4-3-14-11/h3-6H,1-2H3,(H,15,16). The van der Waals surface area contributed by atoms with Crippen LogP contribution in [0.2, 0.25) is 0 Å². The number of halogens is 1. The second-order valence-corrected chi connectivity index (χ2v) is 4.11. The van der Waals surface area contributed by atoms with E-state index in [9.17, 15) is 4.39 Å². The number of nitrogens with one attached hydrogen (secondary N) is 1. The summed E-state index contributed by atoms with van der Waals surface area (Å²) >= 11 is 5.10. The first-order chi connectivity index (χ1) is 7.59. The molecule has 0 fully saturated rings. The van der Waals surface area contributed by atoms with E-state index in [-0.39, 0.29) is 5.82 Å². The molecule has 0 spiro atoms. The normalized spacial score (nSPS) is 10.4. The molecular formula is C12H11FN2S. The summed E-state index contributed by atoms with van der Waals surface area (Å²) in [4.78, 5) is 6.98. The number of H-pyrrole nitrogens is 1. The molecule has 0 bridgehead atoms. The summed E-state index contributed by atoms with van der Waals surface area (Å²) in [5, 5.41) is 0. The van der Waals surface area contributed by atoms with Crippen LogP contribution in [-0.2, 0) is 0 Å². The Morgan fingerprint density at radius 1 is 1.31 bits per heavy atom. The van der Waals surface area contributed by atoms with Crippen LogP contribution in [-0.4, -0.2) is 9.97 Å². The van der Waals surface area contributed by atoms with Crippen LogP contribution in [0.5, 0.6) is 0 Å². The molecule has 0 atom stereocenters. The van der Waals surface area contributed by atoms with E-state index < -0.39 is 0 Å². The summed E-state index contributed by atoms with van der Waals surface area (Å²) in [7, 11) is 0. The molecule has 16 heavy (non-hydrogen) atoms. The van der Waals surface area contributed by atoms with Gasteiger partial charge in [0.25, 0.3) is 0 Å². The summed E-state index contributed by atoms with van der Waals surface area (Å²) in [6.45, 7) is 3.72. The van der Waals surface area contributed by atoms with Crippen molar-refractivity contribution in [1.29, 1.82) is 0 Å². The fourth-order valence-electron chi connectivity index (χ4n) is 1.75. The van der Waals surface area contributed by atoms with Gasteiger partial charge in [-0.05, 0) is 31.0 Å². The van der Waals surface area contributed by atoms with Crippen molar-refractivity contribution >= 4 is 12.2 Å². The van der Waals surface area contributed by atoms with Gasteiger partial charge in [0.05, 0.1) is 0 Å². The number of aromatic nitrogens is 2. The third-order valence-corrected chi connectivity index (χ3v) is 2.69. The van der Waals surface area contributed by atoms with Crippen molar-refractivity contribution in [2.45, 2.75) is 13.8 Å². The van der Waals surface area contributed by atoms with Crippen LogP contribution in [0.3, 0.4) is 0 Å². The molecule has 0 saturated carbocycles. The first-order valence-electron chi connectivity index (χ1n) is 4.90. The van der Waals surface area contributed by atoms with Crippen LogP contribution in [0.4, 0.5) is 4.39 Å². The Morgan fingerprint density at radius 2 is 2.06 bits per heavy atom. The van der Waals surface area contributed by atoms with Gasteiger partial charge in [0, 0.05) is 18.0 Å². The van der Waals surface area contributed by atoms with Crippen molar-refractivity contribution in [2.24, 2.45) is 0 Å². The highest BCUT2D eigenvalue weighted by molar-refractivity contribution is 7.71. The van der Waals surface area contributed by atoms with Crippen molar-refractivity contribution < 1.29 is 4.39 Å². The van der Waals surface area contributed by atoms with Crippen LogP contribution in [0.1, 0.15) is 11.1 Å². The SMILES string of the molecule is Cc1cc(C)c(-c2ncc[nH]c2=S)c(F)c1. The lowest BCUT2D eigenvalue weighted by molar-refractivity contribution is 0.628. The van der Waals surface area contributed by atoms with Gasteiger partial charge < -0.3 is 4.98 Å². The van der Waals surface area contributed by atoms with Crippen molar-refractivity contribution in [1.82, 2.24) is 9.97 Å². The van der Waals surface area contributed by atoms with Gasteiger partial charge in [-0.2, -0.15) is 0 Å². The van der Waals surface area contributed by atoms with Crippen LogP contribution in [0.15, 0.2) is 24.5 Å². The number of rotatable bonds is 1. The minimum Gasteiger partial charge on any atom is -0.350 e. The topological polar surface area (TPSA) is 28.7 Å². The van der Waals surface area contributed by atoms with Crippen LogP contribution >= 0.6 is 12.2 Å². The summed E-state index contributed by atoms with van der Waals surface area (Å²) in [6.07, 6.45) is 3.21. The van der Waals surface area contributed by atoms with Gasteiger partial charge in [0.1, 0.15) is 16.2 Å². The van der Waals surface area contributed by atoms with Crippen LogP contribution < -0.4 is 0 Å². The molecule has 0 saturated heterocycles. The van der Waals surface area contributed by atoms with Gasteiger partial charge in [-0.1, -0.05) is 18.3 Å². The van der Waals surface area contributed by atoms with E-state index in [1.807, 2.05) is 19.9 Å². The third kappa shape index (κ3) is 1.88. The van der Waals surface area contributed by atoms with Crippen molar-refractivity contribution in [3.05, 3.63) is 46.1 Å². The maximum absolute atomic E-state index is 13.9. The Hall–Kier alpha value is -1.55. The number of benzene rings is 1. The van der Waals surface area contributed by atoms with E-state index in [4.69, 9.17) is 12.2 Å². The average molecular weight is 234 g/mol. The van der Waals surface area contributed by atoms with E-state index in [0.717, 1.165) is 11.1 Å². The Bertz CT molecular complexity index is 567. The molecular weight excluding hydrogens is 223 g/mol. The van der Waals surface area contributed by atoms with Crippen molar-refractivity contribution in [2.75, 3.05) is 0 Å². The predicted octanol–water partition coefficient (Wildman–Crippen LogP) is 3.56. The van der Waals surface area contributed by atoms with Gasteiger partial charge in [0.15, 0.2) is 0 Å². The lowest BCUT2D eigenvalue weighted by Crippen LogP contribution is -1.95. The Balaban J connectivity index is 2.75. The van der Waals surface area contributed by atoms with E-state index in [0.29, 0.717) is 15.9 Å². The third-order valence-electron chi connectivity index (χ3n) is 2.38. The summed E-state index contributed by atoms with van der Waals surface area (Å²) in [5.41, 5.74) is 2.71. The first kappa shape index (κ1) is 11.0. The molecule has 1 aromatic heterocycles. The van der Waals surface area contributed by atoms with E-state index >= 15 is 0 Å². The van der Waals surface area contributed by atoms with E-state index in [2.05, 4.69) is 9.97 Å². The van der Waals surface area contributed by atoms with Gasteiger partial charge in [0.2, 0.25) is 0 Å². The molecule has 0 unspecified atom stereocenters. The molecule has 1 N–H and O–H groups in total. The van der Waals surface area contributed by atoms with Crippen molar-refractivity contribution in [3.63, 3.8) is 0 Å². The maximum Gasteiger partial charge on any atom is 0.133 e. The molecule has 4 heteroatoms. The minimum atomic E-state index is -0.282. The highest BCUT2D eigenvalue weighted by Crippen LogP contribution is 2.26. The molecule has 0 aliphatic heterocycles. The molecule has 0 radical (unpaired) electrons. The zero-order valence-electron chi connectivity index (χ0n) is 9.04. The van der Waals surface area contributed by atoms with Crippen molar-refractivity contribution in [3.8, 4) is 11.3 Å². The highest BCUT2D eigenvalue weighted by Gasteiger charge is 2.11. The molecule has 0 aliphatic rings. The largest absolute Gasteiger partial charge is 0.350 e. The zero-order valence-corrected chi connectivity index (χ0v) is 9.86. The summed E-state index contributed by atoms with van der Waals surface area (Å²) < 4.78 is 14.3.